The maximum absolute atomic E-state index is 6.01. The van der Waals surface area contributed by atoms with Gasteiger partial charge in [-0.2, -0.15) is 18.2 Å². The molecule has 2 atom stereocenters. The van der Waals surface area contributed by atoms with Crippen LogP contribution in [0.1, 0.15) is 37.7 Å². The van der Waals surface area contributed by atoms with Gasteiger partial charge in [-0.3, -0.25) is 9.97 Å². The second-order valence-corrected chi connectivity index (χ2v) is 15.9. The van der Waals surface area contributed by atoms with Crippen molar-refractivity contribution >= 4 is 54.6 Å². The normalized spacial score (nSPS) is 11.2. The molecule has 3 radical (unpaired) electrons. The van der Waals surface area contributed by atoms with E-state index in [2.05, 4.69) is 171 Å². The number of nitrogens with zero attached hydrogens (tertiary/aromatic N) is 4. The van der Waals surface area contributed by atoms with E-state index < -0.39 is 0 Å². The Balaban J connectivity index is 0.000000181. The smallest absolute Gasteiger partial charge is 0.248 e. The van der Waals surface area contributed by atoms with Crippen LogP contribution < -0.4 is 0 Å². The average Bonchev–Trinajstić information content (AvgIpc) is 3.78. The van der Waals surface area contributed by atoms with Crippen LogP contribution in [0.25, 0.3) is 78.1 Å². The lowest BCUT2D eigenvalue weighted by atomic mass is 9.87. The van der Waals surface area contributed by atoms with Crippen LogP contribution in [0, 0.1) is 13.8 Å². The van der Waals surface area contributed by atoms with E-state index in [9.17, 15) is 0 Å². The van der Waals surface area contributed by atoms with Crippen molar-refractivity contribution in [2.75, 3.05) is 0 Å². The van der Waals surface area contributed by atoms with Gasteiger partial charge >= 0.3 is 0 Å². The minimum Gasteiger partial charge on any atom is -0.416 e. The predicted molar refractivity (Wildman–Crippen MR) is 263 cm³/mol. The molecule has 0 saturated carbocycles. The fraction of sp³-hybridized carbons (Fsp3) is 0.137. The molecule has 0 bridgehead atoms. The van der Waals surface area contributed by atoms with Crippen molar-refractivity contribution in [3.05, 3.63) is 181 Å². The molecule has 60 heavy (non-hydrogen) atoms. The van der Waals surface area contributed by atoms with Crippen molar-refractivity contribution in [1.29, 1.82) is 1.28 Å². The molecular weight excluding hydrogens is 768 g/mol. The van der Waals surface area contributed by atoms with Gasteiger partial charge in [0.1, 0.15) is 7.00 Å². The molecule has 0 aliphatic rings. The fourth-order valence-corrected chi connectivity index (χ4v) is 6.95. The molecule has 2 unspecified atom stereocenters. The minimum atomic E-state index is -0.167. The molecule has 295 valence electrons. The number of rotatable bonds is 5. The molecule has 6 aromatic carbocycles. The van der Waals surface area contributed by atoms with Crippen molar-refractivity contribution < 1.29 is 4.42 Å². The van der Waals surface area contributed by atoms with E-state index in [4.69, 9.17) is 15.7 Å². The maximum atomic E-state index is 6.01. The van der Waals surface area contributed by atoms with Crippen LogP contribution in [0.3, 0.4) is 0 Å². The third kappa shape index (κ3) is 10.5. The zero-order valence-corrected chi connectivity index (χ0v) is 37.2. The SMILES string of the molecule is CC(C)(C)c1ccc(-c2nnc(-c3ccc(-c4ccccc4)cc3)o2)cc1.C[B]P.Cc1cc(-c2ccccc2)c2ccc3c(-c4ccccc4)cc(C)nc3c2n1.[2H]P[B]. The second-order valence-electron chi connectivity index (χ2n) is 15.2. The zero-order valence-electron chi connectivity index (χ0n) is 36.0. The van der Waals surface area contributed by atoms with Crippen LogP contribution in [0.15, 0.2) is 168 Å². The Morgan fingerprint density at radius 3 is 1.25 bits per heavy atom. The second kappa shape index (κ2) is 20.5. The van der Waals surface area contributed by atoms with E-state index in [1.807, 2.05) is 68.4 Å². The van der Waals surface area contributed by atoms with E-state index in [0.29, 0.717) is 11.8 Å². The summed E-state index contributed by atoms with van der Waals surface area (Å²) in [5.74, 6) is 1.07. The van der Waals surface area contributed by atoms with E-state index in [-0.39, 0.29) is 14.5 Å². The standard InChI is InChI=1S/C26H20N2.C24H22N2O.CH5BP.BH2P/c1-17-15-23(19-9-5-3-6-10-19)21-13-14-22-24(20-11-7-4-8-12-20)16-18(2)28-26(22)25(21)27-17;1-24(2,3)21-15-13-20(14-16-21)23-26-25-22(27-23)19-11-9-18(10-12-19)17-7-5-4-6-8-17;1-2-3;1-2/h3-16H,1-2H3;4-16H,1-3H3;3H2,1H3;2H2/i;;;2D. The number of hydrogen-bond acceptors (Lipinski definition) is 5. The Bertz CT molecular complexity index is 2680. The van der Waals surface area contributed by atoms with Gasteiger partial charge in [-0.05, 0) is 94.6 Å². The molecule has 3 heterocycles. The molecule has 5 nitrogen and oxygen atoms in total. The van der Waals surface area contributed by atoms with Crippen LogP contribution in [0.4, 0.5) is 0 Å². The van der Waals surface area contributed by atoms with E-state index in [1.165, 1.54) is 33.4 Å². The summed E-state index contributed by atoms with van der Waals surface area (Å²) in [4.78, 5) is 9.81. The molecule has 9 rings (SSSR count). The Morgan fingerprint density at radius 1 is 0.533 bits per heavy atom. The first-order valence-electron chi connectivity index (χ1n) is 20.3. The van der Waals surface area contributed by atoms with Crippen LogP contribution in [0.5, 0.6) is 0 Å². The lowest BCUT2D eigenvalue weighted by molar-refractivity contribution is 0.582. The number of pyridine rings is 2. The summed E-state index contributed by atoms with van der Waals surface area (Å²) in [6.45, 7) is 14.6. The largest absolute Gasteiger partial charge is 0.416 e. The lowest BCUT2D eigenvalue weighted by Crippen LogP contribution is -2.10. The van der Waals surface area contributed by atoms with Gasteiger partial charge in [0.2, 0.25) is 11.8 Å². The highest BCUT2D eigenvalue weighted by atomic mass is 31.0. The molecule has 9 aromatic rings. The third-order valence-corrected chi connectivity index (χ3v) is 9.85. The number of benzene rings is 6. The molecule has 0 amide bonds. The lowest BCUT2D eigenvalue weighted by Gasteiger charge is -2.18. The first kappa shape index (κ1) is 42.4. The van der Waals surface area contributed by atoms with Gasteiger partial charge in [0.15, 0.2) is 0 Å². The Hall–Kier alpha value is -5.73. The van der Waals surface area contributed by atoms with E-state index >= 15 is 0 Å². The van der Waals surface area contributed by atoms with Crippen LogP contribution in [0.2, 0.25) is 6.82 Å². The molecule has 0 spiro atoms. The topological polar surface area (TPSA) is 64.7 Å². The van der Waals surface area contributed by atoms with Crippen LogP contribution in [-0.2, 0) is 5.41 Å². The van der Waals surface area contributed by atoms with Crippen LogP contribution >= 0.6 is 18.2 Å². The molecule has 3 aromatic heterocycles. The van der Waals surface area contributed by atoms with Gasteiger partial charge in [-0.15, -0.1) is 10.2 Å². The summed E-state index contributed by atoms with van der Waals surface area (Å²) in [5, 5.41) is 10.7. The average molecular weight is 819 g/mol. The monoisotopic (exact) mass is 818 g/mol. The minimum absolute atomic E-state index is 0.124. The van der Waals surface area contributed by atoms with Gasteiger partial charge < -0.3 is 4.42 Å². The molecule has 9 heteroatoms. The highest BCUT2D eigenvalue weighted by molar-refractivity contribution is 7.55. The summed E-state index contributed by atoms with van der Waals surface area (Å²) in [6.07, 6.45) is 0. The summed E-state index contributed by atoms with van der Waals surface area (Å²) in [7, 11) is 6.83. The zero-order chi connectivity index (χ0) is 43.4. The Morgan fingerprint density at radius 2 is 0.867 bits per heavy atom. The predicted octanol–water partition coefficient (Wildman–Crippen LogP) is 13.6. The van der Waals surface area contributed by atoms with E-state index in [1.54, 1.807) is 0 Å². The molecular formula is C51H49B2N4OP2. The third-order valence-electron chi connectivity index (χ3n) is 9.85. The maximum Gasteiger partial charge on any atom is 0.248 e. The van der Waals surface area contributed by atoms with Gasteiger partial charge in [0, 0.05) is 34.6 Å². The van der Waals surface area contributed by atoms with Gasteiger partial charge in [-0.25, -0.2) is 0 Å². The highest BCUT2D eigenvalue weighted by Gasteiger charge is 2.16. The van der Waals surface area contributed by atoms with Gasteiger partial charge in [0.25, 0.3) is 0 Å². The van der Waals surface area contributed by atoms with Crippen molar-refractivity contribution in [2.24, 2.45) is 0 Å². The number of aryl methyl sites for hydroxylation is 2. The van der Waals surface area contributed by atoms with Gasteiger partial charge in [0.05, 0.1) is 18.6 Å². The molecule has 0 fully saturated rings. The van der Waals surface area contributed by atoms with Crippen molar-refractivity contribution in [1.82, 2.24) is 20.2 Å². The highest BCUT2D eigenvalue weighted by Crippen LogP contribution is 2.36. The Kier molecular flexibility index (Phi) is 14.5. The molecule has 0 saturated heterocycles. The molecule has 0 N–H and O–H groups in total. The number of fused-ring (bicyclic) bond motifs is 3. The van der Waals surface area contributed by atoms with E-state index in [0.717, 1.165) is 49.9 Å². The summed E-state index contributed by atoms with van der Waals surface area (Å²) in [5.41, 5.74) is 14.4. The first-order chi connectivity index (χ1) is 29.5. The summed E-state index contributed by atoms with van der Waals surface area (Å²) < 4.78 is 11.9. The number of hydrogen-bond donors (Lipinski definition) is 0. The van der Waals surface area contributed by atoms with Crippen molar-refractivity contribution in [3.8, 4) is 56.3 Å². The summed E-state index contributed by atoms with van der Waals surface area (Å²) >= 11 is 0. The molecule has 0 aliphatic heterocycles. The van der Waals surface area contributed by atoms with Crippen molar-refractivity contribution in [2.45, 2.75) is 46.9 Å². The Labute approximate surface area is 362 Å². The summed E-state index contributed by atoms with van der Waals surface area (Å²) in [6, 6.07) is 56.5. The quantitative estimate of drug-likeness (QED) is 0.0983. The number of aromatic nitrogens is 4. The first-order valence-corrected chi connectivity index (χ1v) is 21.1. The van der Waals surface area contributed by atoms with Gasteiger partial charge in [-0.1, -0.05) is 155 Å². The van der Waals surface area contributed by atoms with Crippen LogP contribution in [-0.4, -0.2) is 36.0 Å². The fourth-order valence-electron chi connectivity index (χ4n) is 6.95. The molecule has 0 aliphatic carbocycles. The van der Waals surface area contributed by atoms with Crippen molar-refractivity contribution in [3.63, 3.8) is 0 Å².